The Bertz CT molecular complexity index is 909. The molecule has 0 spiro atoms. The van der Waals surface area contributed by atoms with E-state index in [4.69, 9.17) is 9.47 Å². The number of unbranched alkanes of at least 4 members (excludes halogenated alkanes) is 1. The molecule has 2 N–H and O–H groups in total. The number of esters is 1. The van der Waals surface area contributed by atoms with Crippen molar-refractivity contribution in [2.45, 2.75) is 46.6 Å². The summed E-state index contributed by atoms with van der Waals surface area (Å²) in [6.07, 6.45) is 1.01. The highest BCUT2D eigenvalue weighted by Gasteiger charge is 2.19. The molecule has 31 heavy (non-hydrogen) atoms. The molecule has 0 fully saturated rings. The van der Waals surface area contributed by atoms with Gasteiger partial charge < -0.3 is 20.1 Å². The van der Waals surface area contributed by atoms with Crippen molar-refractivity contribution < 1.29 is 23.9 Å². The van der Waals surface area contributed by atoms with E-state index >= 15 is 0 Å². The Morgan fingerprint density at radius 1 is 1.03 bits per heavy atom. The van der Waals surface area contributed by atoms with Crippen LogP contribution in [0.15, 0.2) is 42.5 Å². The first-order valence-electron chi connectivity index (χ1n) is 10.4. The van der Waals surface area contributed by atoms with E-state index in [0.717, 1.165) is 24.0 Å². The highest BCUT2D eigenvalue weighted by Crippen LogP contribution is 2.16. The number of amides is 2. The maximum Gasteiger partial charge on any atom is 0.326 e. The molecule has 0 saturated heterocycles. The largest absolute Gasteiger partial charge is 0.494 e. The lowest BCUT2D eigenvalue weighted by atomic mass is 10.1. The van der Waals surface area contributed by atoms with Crippen LogP contribution in [0.4, 0.5) is 5.69 Å². The van der Waals surface area contributed by atoms with E-state index in [0.29, 0.717) is 23.6 Å². The standard InChI is InChI=1S/C24H30N2O5/c1-5-6-13-30-20-10-8-19(9-11-20)24(29)25-15-22(27)31-18(4)23(28)26-21-12-7-16(2)14-17(21)3/h7-12,14,18H,5-6,13,15H2,1-4H3,(H,25,29)(H,26,28)/t18-/m1/s1. The lowest BCUT2D eigenvalue weighted by molar-refractivity contribution is -0.152. The average Bonchev–Trinajstić information content (AvgIpc) is 2.74. The van der Waals surface area contributed by atoms with Crippen molar-refractivity contribution in [2.75, 3.05) is 18.5 Å². The molecular formula is C24H30N2O5. The molecule has 0 radical (unpaired) electrons. The van der Waals surface area contributed by atoms with Gasteiger partial charge in [0, 0.05) is 11.3 Å². The Labute approximate surface area is 183 Å². The summed E-state index contributed by atoms with van der Waals surface area (Å²) in [5.74, 6) is -0.862. The van der Waals surface area contributed by atoms with Gasteiger partial charge in [0.1, 0.15) is 12.3 Å². The van der Waals surface area contributed by atoms with Crippen LogP contribution in [0.3, 0.4) is 0 Å². The highest BCUT2D eigenvalue weighted by atomic mass is 16.5. The van der Waals surface area contributed by atoms with Gasteiger partial charge in [-0.05, 0) is 63.1 Å². The zero-order valence-electron chi connectivity index (χ0n) is 18.5. The Morgan fingerprint density at radius 2 is 1.74 bits per heavy atom. The second-order valence-corrected chi connectivity index (χ2v) is 7.35. The number of carbonyl (C=O) groups is 3. The van der Waals surface area contributed by atoms with E-state index in [-0.39, 0.29) is 6.54 Å². The number of hydrogen-bond donors (Lipinski definition) is 2. The summed E-state index contributed by atoms with van der Waals surface area (Å²) in [5.41, 5.74) is 3.07. The summed E-state index contributed by atoms with van der Waals surface area (Å²) >= 11 is 0. The van der Waals surface area contributed by atoms with Crippen LogP contribution in [0.2, 0.25) is 0 Å². The van der Waals surface area contributed by atoms with E-state index in [1.165, 1.54) is 6.92 Å². The number of carbonyl (C=O) groups excluding carboxylic acids is 3. The first-order valence-corrected chi connectivity index (χ1v) is 10.4. The fourth-order valence-electron chi connectivity index (χ4n) is 2.77. The summed E-state index contributed by atoms with van der Waals surface area (Å²) in [7, 11) is 0. The van der Waals surface area contributed by atoms with Gasteiger partial charge in [-0.2, -0.15) is 0 Å². The molecule has 2 amide bonds. The summed E-state index contributed by atoms with van der Waals surface area (Å²) in [6, 6.07) is 12.3. The van der Waals surface area contributed by atoms with Crippen molar-refractivity contribution in [2.24, 2.45) is 0 Å². The molecule has 1 atom stereocenters. The van der Waals surface area contributed by atoms with Gasteiger partial charge in [-0.15, -0.1) is 0 Å². The van der Waals surface area contributed by atoms with Crippen LogP contribution in [0, 0.1) is 13.8 Å². The highest BCUT2D eigenvalue weighted by molar-refractivity contribution is 5.97. The summed E-state index contributed by atoms with van der Waals surface area (Å²) in [5, 5.41) is 5.24. The van der Waals surface area contributed by atoms with Crippen LogP contribution >= 0.6 is 0 Å². The Kier molecular flexibility index (Phi) is 9.06. The topological polar surface area (TPSA) is 93.7 Å². The molecule has 2 rings (SSSR count). The molecule has 7 heteroatoms. The zero-order chi connectivity index (χ0) is 22.8. The van der Waals surface area contributed by atoms with Crippen molar-refractivity contribution in [3.63, 3.8) is 0 Å². The normalized spacial score (nSPS) is 11.4. The molecule has 0 aliphatic heterocycles. The van der Waals surface area contributed by atoms with E-state index < -0.39 is 23.9 Å². The summed E-state index contributed by atoms with van der Waals surface area (Å²) < 4.78 is 10.7. The van der Waals surface area contributed by atoms with E-state index in [1.54, 1.807) is 30.3 Å². The summed E-state index contributed by atoms with van der Waals surface area (Å²) in [6.45, 7) is 7.71. The van der Waals surface area contributed by atoms with Gasteiger partial charge in [-0.1, -0.05) is 31.0 Å². The maximum atomic E-state index is 12.3. The van der Waals surface area contributed by atoms with Crippen molar-refractivity contribution in [1.82, 2.24) is 5.32 Å². The minimum absolute atomic E-state index is 0.339. The number of nitrogens with one attached hydrogen (secondary N) is 2. The molecule has 166 valence electrons. The molecular weight excluding hydrogens is 396 g/mol. The van der Waals surface area contributed by atoms with Crippen LogP contribution in [0.5, 0.6) is 5.75 Å². The van der Waals surface area contributed by atoms with Crippen LogP contribution in [-0.2, 0) is 14.3 Å². The van der Waals surface area contributed by atoms with Crippen molar-refractivity contribution in [3.8, 4) is 5.75 Å². The first-order chi connectivity index (χ1) is 14.8. The fourth-order valence-corrected chi connectivity index (χ4v) is 2.77. The molecule has 7 nitrogen and oxygen atoms in total. The Hall–Kier alpha value is -3.35. The molecule has 0 unspecified atom stereocenters. The molecule has 0 saturated carbocycles. The van der Waals surface area contributed by atoms with E-state index in [9.17, 15) is 14.4 Å². The number of rotatable bonds is 10. The maximum absolute atomic E-state index is 12.3. The number of ether oxygens (including phenoxy) is 2. The van der Waals surface area contributed by atoms with Crippen molar-refractivity contribution in [1.29, 1.82) is 0 Å². The van der Waals surface area contributed by atoms with Crippen LogP contribution in [0.25, 0.3) is 0 Å². The van der Waals surface area contributed by atoms with Gasteiger partial charge in [0.15, 0.2) is 6.10 Å². The van der Waals surface area contributed by atoms with Crippen molar-refractivity contribution >= 4 is 23.5 Å². The lowest BCUT2D eigenvalue weighted by Crippen LogP contribution is -2.35. The second-order valence-electron chi connectivity index (χ2n) is 7.35. The number of anilines is 1. The van der Waals surface area contributed by atoms with Crippen LogP contribution < -0.4 is 15.4 Å². The zero-order valence-corrected chi connectivity index (χ0v) is 18.5. The lowest BCUT2D eigenvalue weighted by Gasteiger charge is -2.15. The van der Waals surface area contributed by atoms with Crippen molar-refractivity contribution in [3.05, 3.63) is 59.2 Å². The minimum Gasteiger partial charge on any atom is -0.494 e. The fraction of sp³-hybridized carbons (Fsp3) is 0.375. The molecule has 0 aliphatic rings. The third-order valence-corrected chi connectivity index (χ3v) is 4.59. The molecule has 0 aliphatic carbocycles. The third-order valence-electron chi connectivity index (χ3n) is 4.59. The first kappa shape index (κ1) is 23.9. The molecule has 2 aromatic carbocycles. The van der Waals surface area contributed by atoms with Gasteiger partial charge in [-0.3, -0.25) is 14.4 Å². The second kappa shape index (κ2) is 11.7. The number of aryl methyl sites for hydroxylation is 2. The minimum atomic E-state index is -0.996. The smallest absolute Gasteiger partial charge is 0.326 e. The average molecular weight is 427 g/mol. The number of benzene rings is 2. The Morgan fingerprint density at radius 3 is 2.39 bits per heavy atom. The van der Waals surface area contributed by atoms with Gasteiger partial charge in [0.2, 0.25) is 0 Å². The van der Waals surface area contributed by atoms with Gasteiger partial charge >= 0.3 is 5.97 Å². The van der Waals surface area contributed by atoms with Crippen LogP contribution in [0.1, 0.15) is 48.2 Å². The molecule has 0 heterocycles. The Balaban J connectivity index is 1.78. The van der Waals surface area contributed by atoms with Crippen LogP contribution in [-0.4, -0.2) is 37.0 Å². The van der Waals surface area contributed by atoms with E-state index in [2.05, 4.69) is 17.6 Å². The monoisotopic (exact) mass is 426 g/mol. The molecule has 0 aromatic heterocycles. The molecule has 0 bridgehead atoms. The van der Waals surface area contributed by atoms with Gasteiger partial charge in [0.05, 0.1) is 6.61 Å². The van der Waals surface area contributed by atoms with E-state index in [1.807, 2.05) is 26.0 Å². The van der Waals surface area contributed by atoms with Gasteiger partial charge in [0.25, 0.3) is 11.8 Å². The number of hydrogen-bond acceptors (Lipinski definition) is 5. The SMILES string of the molecule is CCCCOc1ccc(C(=O)NCC(=O)O[C@H](C)C(=O)Nc2ccc(C)cc2C)cc1. The third kappa shape index (κ3) is 7.77. The predicted octanol–water partition coefficient (Wildman–Crippen LogP) is 3.78. The predicted molar refractivity (Wildman–Crippen MR) is 119 cm³/mol. The molecule has 2 aromatic rings. The summed E-state index contributed by atoms with van der Waals surface area (Å²) in [4.78, 5) is 36.5. The quantitative estimate of drug-likeness (QED) is 0.445. The van der Waals surface area contributed by atoms with Gasteiger partial charge in [-0.25, -0.2) is 0 Å².